The van der Waals surface area contributed by atoms with Gasteiger partial charge in [0.15, 0.2) is 17.5 Å². The van der Waals surface area contributed by atoms with E-state index in [-0.39, 0.29) is 5.75 Å². The Balaban J connectivity index is 1.30. The van der Waals surface area contributed by atoms with Crippen LogP contribution in [0.5, 0.6) is 5.75 Å². The fourth-order valence-electron chi connectivity index (χ4n) is 7.75. The summed E-state index contributed by atoms with van der Waals surface area (Å²) in [6, 6.07) is 41.9. The van der Waals surface area contributed by atoms with Gasteiger partial charge in [0.25, 0.3) is 0 Å². The molecule has 1 atom stereocenters. The normalized spacial score (nSPS) is 14.8. The predicted octanol–water partition coefficient (Wildman–Crippen LogP) is 13.3. The standard InChI is InChI=1S/C48H51N3O/c1-2-3-4-6-11-22-39-23-12-7-5-8-13-24-42-33-45(52)44(34-43(39)42)48-50-46(40-29-25-37(26-30-40)35-18-14-9-15-19-35)49-47(51-48)41-31-27-38(28-32-41)36-20-16-10-17-21-36/h9-10,14-21,25-34,39,52H,2-8,11-13,22-24H2,1H3. The Morgan fingerprint density at radius 2 is 1.02 bits per heavy atom. The van der Waals surface area contributed by atoms with E-state index in [0.29, 0.717) is 29.0 Å². The van der Waals surface area contributed by atoms with E-state index in [1.807, 2.05) is 18.2 Å². The number of aromatic nitrogens is 3. The first-order valence-corrected chi connectivity index (χ1v) is 19.6. The number of fused-ring (bicyclic) bond motifs is 1. The fraction of sp³-hybridized carbons (Fsp3) is 0.312. The average molecular weight is 686 g/mol. The summed E-state index contributed by atoms with van der Waals surface area (Å²) in [5.74, 6) is 2.43. The van der Waals surface area contributed by atoms with Gasteiger partial charge in [0.05, 0.1) is 5.56 Å². The number of rotatable bonds is 11. The molecule has 6 aromatic rings. The summed E-state index contributed by atoms with van der Waals surface area (Å²) >= 11 is 0. The summed E-state index contributed by atoms with van der Waals surface area (Å²) in [5, 5.41) is 11.7. The predicted molar refractivity (Wildman–Crippen MR) is 216 cm³/mol. The maximum atomic E-state index is 11.7. The molecular weight excluding hydrogens is 635 g/mol. The van der Waals surface area contributed by atoms with Crippen molar-refractivity contribution in [3.63, 3.8) is 0 Å². The zero-order valence-corrected chi connectivity index (χ0v) is 30.6. The molecule has 0 radical (unpaired) electrons. The van der Waals surface area contributed by atoms with Gasteiger partial charge in [-0.3, -0.25) is 0 Å². The van der Waals surface area contributed by atoms with Crippen LogP contribution in [0.15, 0.2) is 121 Å². The van der Waals surface area contributed by atoms with Gasteiger partial charge < -0.3 is 5.11 Å². The van der Waals surface area contributed by atoms with Crippen LogP contribution in [-0.2, 0) is 6.42 Å². The molecule has 0 saturated carbocycles. The van der Waals surface area contributed by atoms with Gasteiger partial charge in [-0.05, 0) is 77.1 Å². The largest absolute Gasteiger partial charge is 0.507 e. The molecule has 4 nitrogen and oxygen atoms in total. The molecule has 1 unspecified atom stereocenters. The number of hydrogen-bond donors (Lipinski definition) is 1. The highest BCUT2D eigenvalue weighted by molar-refractivity contribution is 5.74. The van der Waals surface area contributed by atoms with Crippen LogP contribution in [0.25, 0.3) is 56.4 Å². The number of hydrogen-bond acceptors (Lipinski definition) is 4. The molecule has 7 rings (SSSR count). The Morgan fingerprint density at radius 1 is 0.519 bits per heavy atom. The van der Waals surface area contributed by atoms with Gasteiger partial charge in [-0.1, -0.05) is 174 Å². The van der Waals surface area contributed by atoms with Gasteiger partial charge in [0, 0.05) is 11.1 Å². The number of nitrogens with zero attached hydrogens (tertiary/aromatic N) is 3. The van der Waals surface area contributed by atoms with Crippen molar-refractivity contribution in [2.75, 3.05) is 0 Å². The van der Waals surface area contributed by atoms with Crippen molar-refractivity contribution in [1.29, 1.82) is 0 Å². The second-order valence-corrected chi connectivity index (χ2v) is 14.5. The van der Waals surface area contributed by atoms with Gasteiger partial charge in [0.2, 0.25) is 0 Å². The third-order valence-corrected chi connectivity index (χ3v) is 10.7. The van der Waals surface area contributed by atoms with Crippen molar-refractivity contribution in [2.24, 2.45) is 0 Å². The van der Waals surface area contributed by atoms with E-state index in [9.17, 15) is 5.11 Å². The Morgan fingerprint density at radius 3 is 1.62 bits per heavy atom. The first-order valence-electron chi connectivity index (χ1n) is 19.6. The van der Waals surface area contributed by atoms with Crippen molar-refractivity contribution in [3.05, 3.63) is 132 Å². The molecule has 1 heterocycles. The molecule has 1 N–H and O–H groups in total. The Kier molecular flexibility index (Phi) is 11.8. The van der Waals surface area contributed by atoms with Gasteiger partial charge in [-0.2, -0.15) is 0 Å². The quantitative estimate of drug-likeness (QED) is 0.138. The van der Waals surface area contributed by atoms with Crippen LogP contribution >= 0.6 is 0 Å². The highest BCUT2D eigenvalue weighted by atomic mass is 16.3. The number of unbranched alkanes of at least 4 members (excludes halogenated alkanes) is 4. The van der Waals surface area contributed by atoms with Gasteiger partial charge in [0.1, 0.15) is 5.75 Å². The molecule has 0 saturated heterocycles. The van der Waals surface area contributed by atoms with E-state index in [0.717, 1.165) is 35.1 Å². The maximum Gasteiger partial charge on any atom is 0.167 e. The average Bonchev–Trinajstić information content (AvgIpc) is 3.20. The molecule has 1 aromatic heterocycles. The smallest absolute Gasteiger partial charge is 0.167 e. The van der Waals surface area contributed by atoms with Crippen molar-refractivity contribution >= 4 is 0 Å². The molecular formula is C48H51N3O. The molecule has 0 aliphatic heterocycles. The van der Waals surface area contributed by atoms with E-state index in [1.54, 1.807) is 0 Å². The van der Waals surface area contributed by atoms with Gasteiger partial charge in [-0.25, -0.2) is 15.0 Å². The lowest BCUT2D eigenvalue weighted by Crippen LogP contribution is -2.07. The summed E-state index contributed by atoms with van der Waals surface area (Å²) in [5.41, 5.74) is 9.81. The maximum absolute atomic E-state index is 11.7. The molecule has 4 heteroatoms. The van der Waals surface area contributed by atoms with E-state index in [4.69, 9.17) is 15.0 Å². The lowest BCUT2D eigenvalue weighted by molar-refractivity contribution is 0.466. The van der Waals surface area contributed by atoms with Crippen LogP contribution in [0.4, 0.5) is 0 Å². The van der Waals surface area contributed by atoms with Crippen molar-refractivity contribution < 1.29 is 5.11 Å². The monoisotopic (exact) mass is 685 g/mol. The molecule has 5 aromatic carbocycles. The second-order valence-electron chi connectivity index (χ2n) is 14.5. The van der Waals surface area contributed by atoms with E-state index >= 15 is 0 Å². The van der Waals surface area contributed by atoms with Crippen LogP contribution < -0.4 is 0 Å². The van der Waals surface area contributed by atoms with Gasteiger partial charge in [-0.15, -0.1) is 0 Å². The number of aromatic hydroxyl groups is 1. The van der Waals surface area contributed by atoms with Crippen LogP contribution in [0, 0.1) is 0 Å². The highest BCUT2D eigenvalue weighted by Crippen LogP contribution is 2.40. The van der Waals surface area contributed by atoms with Crippen molar-refractivity contribution in [1.82, 2.24) is 15.0 Å². The Labute approximate surface area is 310 Å². The Bertz CT molecular complexity index is 1920. The molecule has 1 aliphatic rings. The van der Waals surface area contributed by atoms with Crippen molar-refractivity contribution in [2.45, 2.75) is 96.3 Å². The van der Waals surface area contributed by atoms with Crippen LogP contribution in [-0.4, -0.2) is 20.1 Å². The minimum atomic E-state index is 0.249. The first kappa shape index (κ1) is 35.3. The minimum Gasteiger partial charge on any atom is -0.507 e. The van der Waals surface area contributed by atoms with Crippen LogP contribution in [0.2, 0.25) is 0 Å². The summed E-state index contributed by atoms with van der Waals surface area (Å²) in [6.45, 7) is 2.28. The molecule has 0 amide bonds. The lowest BCUT2D eigenvalue weighted by Gasteiger charge is -2.24. The third kappa shape index (κ3) is 8.67. The zero-order valence-electron chi connectivity index (χ0n) is 30.6. The number of phenolic OH excluding ortho intramolecular Hbond substituents is 1. The summed E-state index contributed by atoms with van der Waals surface area (Å²) < 4.78 is 0. The summed E-state index contributed by atoms with van der Waals surface area (Å²) in [7, 11) is 0. The SMILES string of the molecule is CCCCCCCC1CCCCCCCc2cc(O)c(-c3nc(-c4ccc(-c5ccccc5)cc4)nc(-c4ccc(-c5ccccc5)cc4)n3)cc21. The minimum absolute atomic E-state index is 0.249. The first-order chi connectivity index (χ1) is 25.7. The van der Waals surface area contributed by atoms with Crippen LogP contribution in [0.3, 0.4) is 0 Å². The molecule has 0 bridgehead atoms. The summed E-state index contributed by atoms with van der Waals surface area (Å²) in [4.78, 5) is 15.2. The lowest BCUT2D eigenvalue weighted by atomic mass is 9.82. The number of benzene rings is 5. The second kappa shape index (κ2) is 17.4. The summed E-state index contributed by atoms with van der Waals surface area (Å²) in [6.07, 6.45) is 16.1. The Hall–Kier alpha value is -5.09. The topological polar surface area (TPSA) is 58.9 Å². The number of aryl methyl sites for hydroxylation is 1. The van der Waals surface area contributed by atoms with Crippen LogP contribution in [0.1, 0.15) is 101 Å². The van der Waals surface area contributed by atoms with Crippen molar-refractivity contribution in [3.8, 4) is 62.2 Å². The van der Waals surface area contributed by atoms with E-state index in [1.165, 1.54) is 92.9 Å². The molecule has 52 heavy (non-hydrogen) atoms. The highest BCUT2D eigenvalue weighted by Gasteiger charge is 2.22. The molecule has 0 spiro atoms. The van der Waals surface area contributed by atoms with Gasteiger partial charge >= 0.3 is 0 Å². The molecule has 264 valence electrons. The molecule has 1 aliphatic carbocycles. The fourth-order valence-corrected chi connectivity index (χ4v) is 7.75. The number of phenols is 1. The van der Waals surface area contributed by atoms with E-state index in [2.05, 4.69) is 110 Å². The third-order valence-electron chi connectivity index (χ3n) is 10.7. The molecule has 0 fully saturated rings. The zero-order chi connectivity index (χ0) is 35.5. The van der Waals surface area contributed by atoms with E-state index < -0.39 is 0 Å².